The van der Waals surface area contributed by atoms with Crippen LogP contribution < -0.4 is 0 Å². The molecule has 0 saturated heterocycles. The van der Waals surface area contributed by atoms with Gasteiger partial charge in [-0.15, -0.1) is 11.6 Å². The van der Waals surface area contributed by atoms with E-state index in [1.807, 2.05) is 0 Å². The maximum Gasteiger partial charge on any atom is 0.285 e. The quantitative estimate of drug-likeness (QED) is 0.433. The third-order valence-corrected chi connectivity index (χ3v) is 2.44. The van der Waals surface area contributed by atoms with E-state index in [1.54, 1.807) is 30.3 Å². The average molecular weight is 247 g/mol. The molecular weight excluding hydrogens is 234 g/mol. The second-order valence-electron chi connectivity index (χ2n) is 3.65. The van der Waals surface area contributed by atoms with E-state index in [0.29, 0.717) is 24.3 Å². The number of nitrogens with zero attached hydrogens (tertiary/aromatic N) is 1. The van der Waals surface area contributed by atoms with Crippen molar-refractivity contribution >= 4 is 11.8 Å². The van der Waals surface area contributed by atoms with Crippen LogP contribution in [0.1, 0.15) is 20.7 Å². The lowest BCUT2D eigenvalue weighted by Crippen LogP contribution is -2.31. The first-order valence-corrected chi connectivity index (χ1v) is 5.55. The summed E-state index contributed by atoms with van der Waals surface area (Å²) in [5, 5.41) is 0.780. The van der Waals surface area contributed by atoms with Gasteiger partial charge in [0.05, 0.1) is 30.9 Å². The van der Waals surface area contributed by atoms with Crippen LogP contribution in [0.3, 0.4) is 0 Å². The summed E-state index contributed by atoms with van der Waals surface area (Å²) in [6.07, 6.45) is 1.61. The normalized spacial score (nSPS) is 13.9. The first kappa shape index (κ1) is 12.5. The Morgan fingerprint density at radius 3 is 2.28 bits per heavy atom. The van der Waals surface area contributed by atoms with Crippen molar-refractivity contribution in [3.63, 3.8) is 0 Å². The zero-order chi connectivity index (χ0) is 13.0. The van der Waals surface area contributed by atoms with Crippen molar-refractivity contribution in [3.05, 3.63) is 48.0 Å². The smallest absolute Gasteiger partial charge is 0.285 e. The molecule has 1 heterocycles. The zero-order valence-corrected chi connectivity index (χ0v) is 9.80. The summed E-state index contributed by atoms with van der Waals surface area (Å²) in [4.78, 5) is 28.8. The Balaban J connectivity index is 1.94. The van der Waals surface area contributed by atoms with Crippen LogP contribution in [-0.2, 0) is 9.57 Å². The molecule has 1 aliphatic rings. The maximum atomic E-state index is 11.9. The van der Waals surface area contributed by atoms with Crippen molar-refractivity contribution in [2.24, 2.45) is 0 Å². The van der Waals surface area contributed by atoms with Gasteiger partial charge in [-0.3, -0.25) is 14.4 Å². The third-order valence-electron chi connectivity index (χ3n) is 2.44. The van der Waals surface area contributed by atoms with E-state index in [9.17, 15) is 9.59 Å². The van der Waals surface area contributed by atoms with Gasteiger partial charge in [-0.05, 0) is 12.1 Å². The molecule has 1 aliphatic heterocycles. The highest BCUT2D eigenvalue weighted by molar-refractivity contribution is 6.20. The molecule has 0 N–H and O–H groups in total. The number of hydrogen-bond acceptors (Lipinski definition) is 4. The van der Waals surface area contributed by atoms with Crippen molar-refractivity contribution < 1.29 is 19.2 Å². The van der Waals surface area contributed by atoms with Crippen molar-refractivity contribution in [3.8, 4) is 0 Å². The van der Waals surface area contributed by atoms with Crippen LogP contribution in [0.25, 0.3) is 0 Å². The van der Waals surface area contributed by atoms with Gasteiger partial charge in [0, 0.05) is 0 Å². The molecule has 0 spiro atoms. The minimum atomic E-state index is -0.431. The number of fused-ring (bicyclic) bond motifs is 1. The second-order valence-corrected chi connectivity index (χ2v) is 3.65. The van der Waals surface area contributed by atoms with Gasteiger partial charge in [-0.1, -0.05) is 18.2 Å². The fourth-order valence-corrected chi connectivity index (χ4v) is 1.64. The fourth-order valence-electron chi connectivity index (χ4n) is 1.64. The minimum absolute atomic E-state index is 0.138. The van der Waals surface area contributed by atoms with E-state index in [4.69, 9.17) is 9.57 Å². The second kappa shape index (κ2) is 5.57. The molecule has 0 bridgehead atoms. The van der Waals surface area contributed by atoms with Gasteiger partial charge >= 0.3 is 0 Å². The molecule has 0 unspecified atom stereocenters. The van der Waals surface area contributed by atoms with Crippen molar-refractivity contribution in [2.45, 2.75) is 0 Å². The highest BCUT2D eigenvalue weighted by Gasteiger charge is 2.36. The van der Waals surface area contributed by atoms with E-state index in [2.05, 4.69) is 6.58 Å². The summed E-state index contributed by atoms with van der Waals surface area (Å²) < 4.78 is 5.10. The number of amides is 2. The van der Waals surface area contributed by atoms with Crippen LogP contribution in [0.2, 0.25) is 0 Å². The summed E-state index contributed by atoms with van der Waals surface area (Å²) in [7, 11) is 0. The molecule has 2 amide bonds. The van der Waals surface area contributed by atoms with Crippen LogP contribution in [0.15, 0.2) is 36.9 Å². The van der Waals surface area contributed by atoms with E-state index in [-0.39, 0.29) is 6.61 Å². The molecule has 1 aromatic carbocycles. The van der Waals surface area contributed by atoms with Crippen molar-refractivity contribution in [2.75, 3.05) is 19.8 Å². The topological polar surface area (TPSA) is 55.8 Å². The number of benzene rings is 1. The molecule has 94 valence electrons. The minimum Gasteiger partial charge on any atom is -0.375 e. The lowest BCUT2D eigenvalue weighted by molar-refractivity contribution is -0.104. The summed E-state index contributed by atoms with van der Waals surface area (Å²) in [5.74, 6) is -0.862. The van der Waals surface area contributed by atoms with Crippen LogP contribution in [-0.4, -0.2) is 36.7 Å². The van der Waals surface area contributed by atoms with E-state index >= 15 is 0 Å². The molecule has 5 nitrogen and oxygen atoms in total. The maximum absolute atomic E-state index is 11.9. The predicted octanol–water partition coefficient (Wildman–Crippen LogP) is 1.42. The Morgan fingerprint density at radius 2 is 1.72 bits per heavy atom. The Hall–Kier alpha value is -1.98. The lowest BCUT2D eigenvalue weighted by atomic mass is 10.1. The Labute approximate surface area is 105 Å². The summed E-state index contributed by atoms with van der Waals surface area (Å²) >= 11 is 0. The fraction of sp³-hybridized carbons (Fsp3) is 0.231. The first-order valence-electron chi connectivity index (χ1n) is 5.55. The summed E-state index contributed by atoms with van der Waals surface area (Å²) in [6.45, 7) is 4.34. The first-order chi connectivity index (χ1) is 8.75. The molecular formula is C13H13NO4. The molecule has 0 aromatic heterocycles. The van der Waals surface area contributed by atoms with Crippen LogP contribution in [0, 0.1) is 0 Å². The number of carbonyl (C=O) groups excluding carboxylic acids is 2. The zero-order valence-electron chi connectivity index (χ0n) is 9.80. The van der Waals surface area contributed by atoms with Crippen molar-refractivity contribution in [1.82, 2.24) is 5.06 Å². The van der Waals surface area contributed by atoms with E-state index in [1.165, 1.54) is 0 Å². The van der Waals surface area contributed by atoms with Gasteiger partial charge in [-0.25, -0.2) is 0 Å². The van der Waals surface area contributed by atoms with E-state index < -0.39 is 11.8 Å². The monoisotopic (exact) mass is 247 g/mol. The number of carbonyl (C=O) groups is 2. The van der Waals surface area contributed by atoms with Gasteiger partial charge in [-0.2, -0.15) is 0 Å². The standard InChI is InChI=1S/C13H13NO4/c1-2-7-17-8-9-18-14-12(15)10-5-3-4-6-11(10)13(14)16/h2-6H,1,7-9H2. The highest BCUT2D eigenvalue weighted by Crippen LogP contribution is 2.22. The van der Waals surface area contributed by atoms with Gasteiger partial charge in [0.25, 0.3) is 11.8 Å². The van der Waals surface area contributed by atoms with Gasteiger partial charge in [0.15, 0.2) is 0 Å². The van der Waals surface area contributed by atoms with Crippen molar-refractivity contribution in [1.29, 1.82) is 0 Å². The molecule has 18 heavy (non-hydrogen) atoms. The van der Waals surface area contributed by atoms with E-state index in [0.717, 1.165) is 5.06 Å². The molecule has 0 radical (unpaired) electrons. The lowest BCUT2D eigenvalue weighted by Gasteiger charge is -2.12. The number of hydrogen-bond donors (Lipinski definition) is 0. The number of hydroxylamine groups is 2. The van der Waals surface area contributed by atoms with Crippen LogP contribution in [0.4, 0.5) is 0 Å². The molecule has 5 heteroatoms. The molecule has 0 atom stereocenters. The number of rotatable bonds is 6. The summed E-state index contributed by atoms with van der Waals surface area (Å²) in [5.41, 5.74) is 0.740. The molecule has 0 aliphatic carbocycles. The number of ether oxygens (including phenoxy) is 1. The Kier molecular flexibility index (Phi) is 3.86. The average Bonchev–Trinajstić information content (AvgIpc) is 2.64. The molecule has 0 fully saturated rings. The third kappa shape index (κ3) is 2.32. The van der Waals surface area contributed by atoms with Gasteiger partial charge in [0.1, 0.15) is 0 Å². The predicted molar refractivity (Wildman–Crippen MR) is 63.9 cm³/mol. The summed E-state index contributed by atoms with van der Waals surface area (Å²) in [6, 6.07) is 6.63. The Morgan fingerprint density at radius 1 is 1.11 bits per heavy atom. The molecule has 1 aromatic rings. The largest absolute Gasteiger partial charge is 0.375 e. The SMILES string of the molecule is C=CCOCCON1C(=O)c2ccccc2C1=O. The molecule has 2 rings (SSSR count). The number of imide groups is 1. The van der Waals surface area contributed by atoms with Gasteiger partial charge < -0.3 is 4.74 Å². The highest BCUT2D eigenvalue weighted by atomic mass is 16.7. The van der Waals surface area contributed by atoms with Gasteiger partial charge in [0.2, 0.25) is 0 Å². The van der Waals surface area contributed by atoms with Crippen LogP contribution >= 0.6 is 0 Å². The van der Waals surface area contributed by atoms with Crippen LogP contribution in [0.5, 0.6) is 0 Å². The molecule has 0 saturated carbocycles. The Bertz CT molecular complexity index is 449.